The van der Waals surface area contributed by atoms with E-state index in [0.29, 0.717) is 22.0 Å². The molecular weight excluding hydrogens is 434 g/mol. The van der Waals surface area contributed by atoms with Crippen molar-refractivity contribution in [2.75, 3.05) is 19.0 Å². The zero-order valence-electron chi connectivity index (χ0n) is 18.6. The van der Waals surface area contributed by atoms with Gasteiger partial charge < -0.3 is 25.4 Å². The Bertz CT molecular complexity index is 972. The molecule has 0 aliphatic heterocycles. The highest BCUT2D eigenvalue weighted by Gasteiger charge is 2.17. The fraction of sp³-hybridized carbons (Fsp3) is 0.348. The van der Waals surface area contributed by atoms with Gasteiger partial charge in [-0.3, -0.25) is 9.59 Å². The van der Waals surface area contributed by atoms with Gasteiger partial charge in [0.2, 0.25) is 5.91 Å². The molecule has 0 aliphatic rings. The average molecular weight is 462 g/mol. The first-order valence-electron chi connectivity index (χ1n) is 10.1. The molecule has 3 amide bonds. The number of alkyl carbamates (subject to hydrolysis) is 1. The van der Waals surface area contributed by atoms with Crippen LogP contribution in [0.4, 0.5) is 10.5 Å². The summed E-state index contributed by atoms with van der Waals surface area (Å²) in [5.41, 5.74) is 0.962. The van der Waals surface area contributed by atoms with Gasteiger partial charge in [0.25, 0.3) is 5.91 Å². The van der Waals surface area contributed by atoms with Crippen LogP contribution < -0.4 is 20.7 Å². The summed E-state index contributed by atoms with van der Waals surface area (Å²) < 4.78 is 10.4. The van der Waals surface area contributed by atoms with E-state index in [1.54, 1.807) is 57.2 Å². The van der Waals surface area contributed by atoms with Crippen LogP contribution in [0, 0.1) is 0 Å². The lowest BCUT2D eigenvalue weighted by atomic mass is 10.1. The molecule has 0 radical (unpaired) electrons. The van der Waals surface area contributed by atoms with Gasteiger partial charge >= 0.3 is 6.09 Å². The first-order chi connectivity index (χ1) is 15.1. The molecule has 32 heavy (non-hydrogen) atoms. The molecule has 0 spiro atoms. The number of halogens is 1. The van der Waals surface area contributed by atoms with Crippen molar-refractivity contribution in [3.05, 3.63) is 58.6 Å². The Balaban J connectivity index is 1.92. The highest BCUT2D eigenvalue weighted by atomic mass is 35.5. The minimum absolute atomic E-state index is 0.0908. The number of hydrogen-bond acceptors (Lipinski definition) is 5. The molecule has 0 atom stereocenters. The van der Waals surface area contributed by atoms with Gasteiger partial charge in [0.05, 0.1) is 12.7 Å². The van der Waals surface area contributed by atoms with E-state index >= 15 is 0 Å². The molecule has 0 heterocycles. The second-order valence-corrected chi connectivity index (χ2v) is 8.35. The van der Waals surface area contributed by atoms with Crippen molar-refractivity contribution < 1.29 is 23.9 Å². The lowest BCUT2D eigenvalue weighted by Crippen LogP contribution is -2.35. The Hall–Kier alpha value is -3.26. The third kappa shape index (κ3) is 8.11. The van der Waals surface area contributed by atoms with Crippen LogP contribution in [0.3, 0.4) is 0 Å². The maximum absolute atomic E-state index is 12.8. The Morgan fingerprint density at radius 2 is 1.75 bits per heavy atom. The van der Waals surface area contributed by atoms with Crippen LogP contribution in [-0.4, -0.2) is 37.2 Å². The summed E-state index contributed by atoms with van der Waals surface area (Å²) in [4.78, 5) is 36.5. The second kappa shape index (κ2) is 11.4. The number of para-hydroxylation sites is 1. The fourth-order valence-electron chi connectivity index (χ4n) is 2.72. The molecule has 8 nitrogen and oxygen atoms in total. The highest BCUT2D eigenvalue weighted by molar-refractivity contribution is 6.31. The molecule has 172 valence electrons. The average Bonchev–Trinajstić information content (AvgIpc) is 2.71. The Kier molecular flexibility index (Phi) is 8.90. The zero-order valence-corrected chi connectivity index (χ0v) is 19.3. The summed E-state index contributed by atoms with van der Waals surface area (Å²) in [6, 6.07) is 11.9. The SMILES string of the molecule is COc1ccc(Cl)cc1C(=O)Nc1ccccc1CNC(=O)CCNC(=O)OC(C)(C)C. The number of nitrogens with one attached hydrogen (secondary N) is 3. The number of rotatable bonds is 8. The predicted molar refractivity (Wildman–Crippen MR) is 123 cm³/mol. The van der Waals surface area contributed by atoms with Crippen molar-refractivity contribution >= 4 is 35.2 Å². The van der Waals surface area contributed by atoms with E-state index in [9.17, 15) is 14.4 Å². The molecule has 0 saturated heterocycles. The summed E-state index contributed by atoms with van der Waals surface area (Å²) in [5, 5.41) is 8.56. The molecule has 2 aromatic carbocycles. The number of hydrogen-bond donors (Lipinski definition) is 3. The molecule has 0 aliphatic carbocycles. The standard InChI is InChI=1S/C23H28ClN3O5/c1-23(2,3)32-22(30)25-12-11-20(28)26-14-15-7-5-6-8-18(15)27-21(29)17-13-16(24)9-10-19(17)31-4/h5-10,13H,11-12,14H2,1-4H3,(H,25,30)(H,26,28)(H,27,29). The number of carbonyl (C=O) groups excluding carboxylic acids is 3. The molecule has 0 unspecified atom stereocenters. The summed E-state index contributed by atoms with van der Waals surface area (Å²) in [7, 11) is 1.47. The van der Waals surface area contributed by atoms with Crippen molar-refractivity contribution in [2.24, 2.45) is 0 Å². The number of amides is 3. The fourth-order valence-corrected chi connectivity index (χ4v) is 2.89. The van der Waals surface area contributed by atoms with Gasteiger partial charge in [-0.15, -0.1) is 0 Å². The summed E-state index contributed by atoms with van der Waals surface area (Å²) in [5.74, 6) is -0.237. The molecule has 2 aromatic rings. The van der Waals surface area contributed by atoms with Gasteiger partial charge in [-0.2, -0.15) is 0 Å². The van der Waals surface area contributed by atoms with Crippen LogP contribution in [0.15, 0.2) is 42.5 Å². The van der Waals surface area contributed by atoms with Gasteiger partial charge in [0, 0.05) is 30.2 Å². The van der Waals surface area contributed by atoms with Crippen LogP contribution in [0.5, 0.6) is 5.75 Å². The molecule has 0 saturated carbocycles. The van der Waals surface area contributed by atoms with Crippen LogP contribution >= 0.6 is 11.6 Å². The van der Waals surface area contributed by atoms with Gasteiger partial charge in [-0.1, -0.05) is 29.8 Å². The van der Waals surface area contributed by atoms with Crippen LogP contribution in [0.25, 0.3) is 0 Å². The van der Waals surface area contributed by atoms with Crippen molar-refractivity contribution in [1.29, 1.82) is 0 Å². The van der Waals surface area contributed by atoms with Gasteiger partial charge in [-0.05, 0) is 50.6 Å². The minimum atomic E-state index is -0.602. The number of methoxy groups -OCH3 is 1. The van der Waals surface area contributed by atoms with E-state index in [0.717, 1.165) is 5.56 Å². The Morgan fingerprint density at radius 3 is 2.44 bits per heavy atom. The number of ether oxygens (including phenoxy) is 2. The summed E-state index contributed by atoms with van der Waals surface area (Å²) in [6.07, 6.45) is -0.484. The molecule has 0 bridgehead atoms. The number of anilines is 1. The topological polar surface area (TPSA) is 106 Å². The summed E-state index contributed by atoms with van der Waals surface area (Å²) >= 11 is 6.01. The van der Waals surface area contributed by atoms with Crippen molar-refractivity contribution in [3.63, 3.8) is 0 Å². The highest BCUT2D eigenvalue weighted by Crippen LogP contribution is 2.24. The van der Waals surface area contributed by atoms with Crippen LogP contribution in [0.1, 0.15) is 43.1 Å². The summed E-state index contributed by atoms with van der Waals surface area (Å²) in [6.45, 7) is 5.63. The quantitative estimate of drug-likeness (QED) is 0.548. The van der Waals surface area contributed by atoms with E-state index in [4.69, 9.17) is 21.1 Å². The van der Waals surface area contributed by atoms with Crippen molar-refractivity contribution in [1.82, 2.24) is 10.6 Å². The normalized spacial score (nSPS) is 10.8. The first kappa shape index (κ1) is 25.0. The predicted octanol–water partition coefficient (Wildman–Crippen LogP) is 4.13. The third-order valence-corrected chi connectivity index (χ3v) is 4.40. The second-order valence-electron chi connectivity index (χ2n) is 7.91. The van der Waals surface area contributed by atoms with E-state index in [-0.39, 0.29) is 31.3 Å². The molecule has 0 fully saturated rings. The zero-order chi connectivity index (χ0) is 23.7. The van der Waals surface area contributed by atoms with Crippen molar-refractivity contribution in [3.8, 4) is 5.75 Å². The Labute approximate surface area is 192 Å². The monoisotopic (exact) mass is 461 g/mol. The van der Waals surface area contributed by atoms with Crippen LogP contribution in [-0.2, 0) is 16.1 Å². The van der Waals surface area contributed by atoms with E-state index in [2.05, 4.69) is 16.0 Å². The minimum Gasteiger partial charge on any atom is -0.496 e. The maximum Gasteiger partial charge on any atom is 0.407 e. The number of benzene rings is 2. The lowest BCUT2D eigenvalue weighted by molar-refractivity contribution is -0.121. The first-order valence-corrected chi connectivity index (χ1v) is 10.4. The molecule has 3 N–H and O–H groups in total. The van der Waals surface area contributed by atoms with E-state index in [1.165, 1.54) is 13.2 Å². The van der Waals surface area contributed by atoms with E-state index in [1.807, 2.05) is 0 Å². The molecule has 2 rings (SSSR count). The van der Waals surface area contributed by atoms with Gasteiger partial charge in [0.15, 0.2) is 0 Å². The third-order valence-electron chi connectivity index (χ3n) is 4.17. The van der Waals surface area contributed by atoms with E-state index < -0.39 is 11.7 Å². The number of carbonyl (C=O) groups is 3. The van der Waals surface area contributed by atoms with Crippen molar-refractivity contribution in [2.45, 2.75) is 39.3 Å². The Morgan fingerprint density at radius 1 is 1.03 bits per heavy atom. The van der Waals surface area contributed by atoms with Crippen LogP contribution in [0.2, 0.25) is 5.02 Å². The lowest BCUT2D eigenvalue weighted by Gasteiger charge is -2.19. The molecule has 0 aromatic heterocycles. The van der Waals surface area contributed by atoms with Gasteiger partial charge in [-0.25, -0.2) is 4.79 Å². The largest absolute Gasteiger partial charge is 0.496 e. The smallest absolute Gasteiger partial charge is 0.407 e. The molecular formula is C23H28ClN3O5. The van der Waals surface area contributed by atoms with Gasteiger partial charge in [0.1, 0.15) is 11.4 Å². The molecule has 9 heteroatoms. The maximum atomic E-state index is 12.8.